The number of amides is 1. The summed E-state index contributed by atoms with van der Waals surface area (Å²) in [7, 11) is 0. The lowest BCUT2D eigenvalue weighted by atomic mass is 9.88. The van der Waals surface area contributed by atoms with E-state index in [1.54, 1.807) is 0 Å². The zero-order valence-electron chi connectivity index (χ0n) is 11.7. The highest BCUT2D eigenvalue weighted by atomic mass is 35.5. The van der Waals surface area contributed by atoms with Gasteiger partial charge < -0.3 is 11.1 Å². The fourth-order valence-corrected chi connectivity index (χ4v) is 2.62. The topological polar surface area (TPSA) is 55.1 Å². The molecule has 1 aromatic heterocycles. The fraction of sp³-hybridized carbons (Fsp3) is 0.615. The van der Waals surface area contributed by atoms with E-state index in [-0.39, 0.29) is 35.7 Å². The first-order valence-electron chi connectivity index (χ1n) is 6.07. The number of nitrogens with one attached hydrogen (secondary N) is 1. The standard InChI is InChI=1S/C13H21ClN2OS.ClH/c1-8(2)13(4,7-15)16-12(17)9(3)10-5-6-11(14)18-10;/h5-6,8-9H,7,15H2,1-4H3,(H,16,17);1H. The van der Waals surface area contributed by atoms with Crippen LogP contribution in [0.15, 0.2) is 12.1 Å². The van der Waals surface area contributed by atoms with E-state index in [4.69, 9.17) is 17.3 Å². The normalized spacial score (nSPS) is 15.5. The van der Waals surface area contributed by atoms with Crippen molar-refractivity contribution in [3.05, 3.63) is 21.3 Å². The number of hydrogen-bond acceptors (Lipinski definition) is 3. The highest BCUT2D eigenvalue weighted by Crippen LogP contribution is 2.28. The summed E-state index contributed by atoms with van der Waals surface area (Å²) < 4.78 is 0.704. The van der Waals surface area contributed by atoms with Gasteiger partial charge in [-0.3, -0.25) is 4.79 Å². The van der Waals surface area contributed by atoms with Crippen LogP contribution in [0.2, 0.25) is 4.34 Å². The van der Waals surface area contributed by atoms with Gasteiger partial charge in [-0.1, -0.05) is 25.4 Å². The number of halogens is 2. The molecule has 3 N–H and O–H groups in total. The van der Waals surface area contributed by atoms with Crippen molar-refractivity contribution in [1.29, 1.82) is 0 Å². The molecule has 0 bridgehead atoms. The summed E-state index contributed by atoms with van der Waals surface area (Å²) in [5.74, 6) is 0.0767. The molecular weight excluding hydrogens is 303 g/mol. The summed E-state index contributed by atoms with van der Waals surface area (Å²) in [6.45, 7) is 8.40. The molecule has 1 rings (SSSR count). The first-order chi connectivity index (χ1) is 8.30. The summed E-state index contributed by atoms with van der Waals surface area (Å²) >= 11 is 7.33. The van der Waals surface area contributed by atoms with Crippen LogP contribution < -0.4 is 11.1 Å². The molecular formula is C13H22Cl2N2OS. The number of thiophene rings is 1. The summed E-state index contributed by atoms with van der Waals surface area (Å²) in [5.41, 5.74) is 5.40. The van der Waals surface area contributed by atoms with Crippen molar-refractivity contribution in [2.45, 2.75) is 39.2 Å². The maximum atomic E-state index is 12.2. The van der Waals surface area contributed by atoms with Gasteiger partial charge in [0.05, 0.1) is 15.8 Å². The third-order valence-electron chi connectivity index (χ3n) is 3.52. The van der Waals surface area contributed by atoms with Gasteiger partial charge in [0, 0.05) is 11.4 Å². The van der Waals surface area contributed by atoms with Crippen LogP contribution in [0.1, 0.15) is 38.5 Å². The molecule has 6 heteroatoms. The van der Waals surface area contributed by atoms with E-state index in [0.29, 0.717) is 10.9 Å². The molecule has 3 nitrogen and oxygen atoms in total. The summed E-state index contributed by atoms with van der Waals surface area (Å²) in [4.78, 5) is 13.2. The van der Waals surface area contributed by atoms with Crippen LogP contribution >= 0.6 is 35.3 Å². The van der Waals surface area contributed by atoms with Gasteiger partial charge >= 0.3 is 0 Å². The largest absolute Gasteiger partial charge is 0.349 e. The van der Waals surface area contributed by atoms with E-state index in [9.17, 15) is 4.79 Å². The summed E-state index contributed by atoms with van der Waals surface area (Å²) in [5, 5.41) is 3.05. The van der Waals surface area contributed by atoms with Crippen molar-refractivity contribution >= 4 is 41.3 Å². The molecule has 19 heavy (non-hydrogen) atoms. The Morgan fingerprint density at radius 3 is 2.42 bits per heavy atom. The Hall–Kier alpha value is -0.290. The second-order valence-corrected chi connectivity index (χ2v) is 6.88. The fourth-order valence-electron chi connectivity index (χ4n) is 1.51. The molecule has 0 aliphatic carbocycles. The van der Waals surface area contributed by atoms with Crippen LogP contribution in [-0.2, 0) is 4.79 Å². The molecule has 1 aromatic rings. The molecule has 0 saturated carbocycles. The highest BCUT2D eigenvalue weighted by molar-refractivity contribution is 7.16. The predicted octanol–water partition coefficient (Wildman–Crippen LogP) is 3.42. The van der Waals surface area contributed by atoms with E-state index < -0.39 is 0 Å². The smallest absolute Gasteiger partial charge is 0.228 e. The van der Waals surface area contributed by atoms with Gasteiger partial charge in [0.1, 0.15) is 0 Å². The van der Waals surface area contributed by atoms with Gasteiger partial charge in [-0.05, 0) is 31.9 Å². The molecule has 0 radical (unpaired) electrons. The Morgan fingerprint density at radius 1 is 1.47 bits per heavy atom. The molecule has 2 unspecified atom stereocenters. The van der Waals surface area contributed by atoms with Gasteiger partial charge in [-0.2, -0.15) is 0 Å². The molecule has 2 atom stereocenters. The minimum absolute atomic E-state index is 0. The second-order valence-electron chi connectivity index (χ2n) is 5.13. The third kappa shape index (κ3) is 4.63. The van der Waals surface area contributed by atoms with E-state index in [1.165, 1.54) is 11.3 Å². The maximum absolute atomic E-state index is 12.2. The monoisotopic (exact) mass is 324 g/mol. The van der Waals surface area contributed by atoms with Crippen molar-refractivity contribution in [2.75, 3.05) is 6.54 Å². The Bertz CT molecular complexity index is 423. The van der Waals surface area contributed by atoms with Crippen molar-refractivity contribution in [3.8, 4) is 0 Å². The average Bonchev–Trinajstić information content (AvgIpc) is 2.74. The van der Waals surface area contributed by atoms with Crippen LogP contribution in [0.25, 0.3) is 0 Å². The van der Waals surface area contributed by atoms with Crippen molar-refractivity contribution in [1.82, 2.24) is 5.32 Å². The van der Waals surface area contributed by atoms with Crippen molar-refractivity contribution in [3.63, 3.8) is 0 Å². The molecule has 0 fully saturated rings. The quantitative estimate of drug-likeness (QED) is 0.871. The summed E-state index contributed by atoms with van der Waals surface area (Å²) in [6.07, 6.45) is 0. The lowest BCUT2D eigenvalue weighted by Crippen LogP contribution is -2.55. The summed E-state index contributed by atoms with van der Waals surface area (Å²) in [6, 6.07) is 3.71. The van der Waals surface area contributed by atoms with Crippen LogP contribution in [0.5, 0.6) is 0 Å². The van der Waals surface area contributed by atoms with Gasteiger partial charge in [0.25, 0.3) is 0 Å². The number of nitrogens with two attached hydrogens (primary N) is 1. The molecule has 0 aromatic carbocycles. The zero-order valence-corrected chi connectivity index (χ0v) is 14.1. The highest BCUT2D eigenvalue weighted by Gasteiger charge is 2.30. The van der Waals surface area contributed by atoms with E-state index in [1.807, 2.05) is 26.0 Å². The second kappa shape index (κ2) is 7.48. The first kappa shape index (κ1) is 18.7. The average molecular weight is 325 g/mol. The molecule has 0 saturated heterocycles. The molecule has 1 amide bonds. The Labute approximate surface area is 130 Å². The number of carbonyl (C=O) groups is 1. The number of rotatable bonds is 5. The Balaban J connectivity index is 0.00000324. The van der Waals surface area contributed by atoms with Crippen molar-refractivity contribution < 1.29 is 4.79 Å². The Morgan fingerprint density at radius 2 is 2.05 bits per heavy atom. The van der Waals surface area contributed by atoms with E-state index in [2.05, 4.69) is 19.2 Å². The van der Waals surface area contributed by atoms with Crippen LogP contribution in [0.4, 0.5) is 0 Å². The van der Waals surface area contributed by atoms with Crippen LogP contribution in [-0.4, -0.2) is 18.0 Å². The van der Waals surface area contributed by atoms with Gasteiger partial charge in [-0.25, -0.2) is 0 Å². The predicted molar refractivity (Wildman–Crippen MR) is 85.4 cm³/mol. The van der Waals surface area contributed by atoms with E-state index in [0.717, 1.165) is 4.88 Å². The van der Waals surface area contributed by atoms with Crippen LogP contribution in [0.3, 0.4) is 0 Å². The molecule has 0 aliphatic rings. The molecule has 0 aliphatic heterocycles. The minimum atomic E-state index is -0.369. The van der Waals surface area contributed by atoms with Gasteiger partial charge in [-0.15, -0.1) is 23.7 Å². The van der Waals surface area contributed by atoms with E-state index >= 15 is 0 Å². The first-order valence-corrected chi connectivity index (χ1v) is 7.27. The molecule has 1 heterocycles. The lowest BCUT2D eigenvalue weighted by molar-refractivity contribution is -0.124. The van der Waals surface area contributed by atoms with Crippen molar-refractivity contribution in [2.24, 2.45) is 11.7 Å². The molecule has 0 spiro atoms. The number of hydrogen-bond donors (Lipinski definition) is 2. The zero-order chi connectivity index (χ0) is 13.9. The minimum Gasteiger partial charge on any atom is -0.349 e. The Kier molecular flexibility index (Phi) is 7.37. The molecule has 110 valence electrons. The van der Waals surface area contributed by atoms with Gasteiger partial charge in [0.15, 0.2) is 0 Å². The number of carbonyl (C=O) groups excluding carboxylic acids is 1. The SMILES string of the molecule is CC(C(=O)NC(C)(CN)C(C)C)c1ccc(Cl)s1.Cl. The maximum Gasteiger partial charge on any atom is 0.228 e. The third-order valence-corrected chi connectivity index (χ3v) is 4.93. The lowest BCUT2D eigenvalue weighted by Gasteiger charge is -2.34. The van der Waals surface area contributed by atoms with Crippen LogP contribution in [0, 0.1) is 5.92 Å². The van der Waals surface area contributed by atoms with Gasteiger partial charge in [0.2, 0.25) is 5.91 Å².